The number of aromatic nitrogens is 2. The van der Waals surface area contributed by atoms with Gasteiger partial charge in [0, 0.05) is 6.20 Å². The van der Waals surface area contributed by atoms with E-state index in [1.54, 1.807) is 6.20 Å². The Hall–Kier alpha value is -1.51. The third-order valence-corrected chi connectivity index (χ3v) is 2.16. The Bertz CT molecular complexity index is 481. The van der Waals surface area contributed by atoms with Gasteiger partial charge in [0.25, 0.3) is 0 Å². The second-order valence-electron chi connectivity index (χ2n) is 3.33. The second-order valence-corrected chi connectivity index (χ2v) is 3.33. The monoisotopic (exact) mass is 220 g/mol. The van der Waals surface area contributed by atoms with Crippen LogP contribution in [0.4, 0.5) is 4.39 Å². The van der Waals surface area contributed by atoms with E-state index in [9.17, 15) is 4.39 Å². The molecule has 0 fully saturated rings. The molecule has 2 rings (SSSR count). The average Bonchev–Trinajstić information content (AvgIpc) is 2.31. The summed E-state index contributed by atoms with van der Waals surface area (Å²) in [6.07, 6.45) is 2.47. The summed E-state index contributed by atoms with van der Waals surface area (Å²) in [7, 11) is 0. The molecule has 0 aliphatic heterocycles. The Labute approximate surface area is 95.5 Å². The molecule has 0 N–H and O–H groups in total. The number of nitrogens with zero attached hydrogens (tertiary/aromatic N) is 2. The maximum Gasteiger partial charge on any atom is 0.151 e. The first-order chi connectivity index (χ1) is 7.70. The van der Waals surface area contributed by atoms with Gasteiger partial charge in [-0.05, 0) is 31.0 Å². The van der Waals surface area contributed by atoms with E-state index in [-0.39, 0.29) is 5.82 Å². The lowest BCUT2D eigenvalue weighted by molar-refractivity contribution is 0.634. The van der Waals surface area contributed by atoms with Gasteiger partial charge in [-0.2, -0.15) is 0 Å². The maximum atomic E-state index is 13.5. The molecule has 3 heteroatoms. The third kappa shape index (κ3) is 2.54. The van der Waals surface area contributed by atoms with Gasteiger partial charge in [-0.25, -0.2) is 9.37 Å². The van der Waals surface area contributed by atoms with Gasteiger partial charge >= 0.3 is 0 Å². The molecule has 1 heterocycles. The lowest BCUT2D eigenvalue weighted by Crippen LogP contribution is -1.94. The molecule has 0 saturated carbocycles. The second kappa shape index (κ2) is 5.54. The molecule has 0 saturated heterocycles. The van der Waals surface area contributed by atoms with Gasteiger partial charge in [-0.15, -0.1) is 0 Å². The van der Waals surface area contributed by atoms with Gasteiger partial charge in [0.2, 0.25) is 0 Å². The van der Waals surface area contributed by atoms with E-state index < -0.39 is 0 Å². The molecule has 0 atom stereocenters. The van der Waals surface area contributed by atoms with Crippen molar-refractivity contribution in [1.82, 2.24) is 9.97 Å². The number of halogens is 1. The van der Waals surface area contributed by atoms with Crippen LogP contribution in [0.2, 0.25) is 0 Å². The van der Waals surface area contributed by atoms with E-state index in [4.69, 9.17) is 0 Å². The van der Waals surface area contributed by atoms with Gasteiger partial charge in [-0.3, -0.25) is 4.98 Å². The van der Waals surface area contributed by atoms with Crippen molar-refractivity contribution < 1.29 is 4.39 Å². The zero-order chi connectivity index (χ0) is 12.1. The predicted octanol–water partition coefficient (Wildman–Crippen LogP) is 3.67. The largest absolute Gasteiger partial charge is 0.253 e. The molecule has 0 spiro atoms. The van der Waals surface area contributed by atoms with Crippen molar-refractivity contribution in [2.75, 3.05) is 0 Å². The van der Waals surface area contributed by atoms with Crippen LogP contribution in [0, 0.1) is 12.7 Å². The fraction of sp³-hybridized carbons (Fsp3) is 0.385. The molecule has 0 amide bonds. The minimum Gasteiger partial charge on any atom is -0.253 e. The SMILES string of the molecule is CC.CCc1cnc2cc(C)cc(F)c2n1. The molecule has 86 valence electrons. The molecule has 16 heavy (non-hydrogen) atoms. The van der Waals surface area contributed by atoms with Crippen LogP contribution >= 0.6 is 0 Å². The summed E-state index contributed by atoms with van der Waals surface area (Å²) >= 11 is 0. The van der Waals surface area contributed by atoms with Crippen LogP contribution in [0.25, 0.3) is 11.0 Å². The average molecular weight is 220 g/mol. The van der Waals surface area contributed by atoms with E-state index in [2.05, 4.69) is 9.97 Å². The van der Waals surface area contributed by atoms with Crippen LogP contribution < -0.4 is 0 Å². The van der Waals surface area contributed by atoms with Gasteiger partial charge in [0.05, 0.1) is 11.2 Å². The quantitative estimate of drug-likeness (QED) is 0.732. The molecule has 1 aromatic heterocycles. The first-order valence-corrected chi connectivity index (χ1v) is 5.62. The van der Waals surface area contributed by atoms with Crippen LogP contribution in [-0.4, -0.2) is 9.97 Å². The molecule has 0 radical (unpaired) electrons. The van der Waals surface area contributed by atoms with Gasteiger partial charge in [-0.1, -0.05) is 20.8 Å². The number of benzene rings is 1. The van der Waals surface area contributed by atoms with E-state index in [0.717, 1.165) is 17.7 Å². The van der Waals surface area contributed by atoms with Crippen molar-refractivity contribution in [2.45, 2.75) is 34.1 Å². The molecule has 0 aliphatic rings. The summed E-state index contributed by atoms with van der Waals surface area (Å²) in [5, 5.41) is 0. The van der Waals surface area contributed by atoms with E-state index in [1.807, 2.05) is 33.8 Å². The lowest BCUT2D eigenvalue weighted by atomic mass is 10.2. The van der Waals surface area contributed by atoms with E-state index in [0.29, 0.717) is 11.0 Å². The van der Waals surface area contributed by atoms with E-state index in [1.165, 1.54) is 6.07 Å². The van der Waals surface area contributed by atoms with E-state index >= 15 is 0 Å². The number of hydrogen-bond acceptors (Lipinski definition) is 2. The number of aryl methyl sites for hydroxylation is 2. The Balaban J connectivity index is 0.000000606. The zero-order valence-corrected chi connectivity index (χ0v) is 10.2. The molecule has 2 nitrogen and oxygen atoms in total. The van der Waals surface area contributed by atoms with Gasteiger partial charge in [0.15, 0.2) is 5.82 Å². The Morgan fingerprint density at radius 3 is 2.56 bits per heavy atom. The standard InChI is InChI=1S/C11H11FN2.C2H6/c1-3-8-6-13-10-5-7(2)4-9(12)11(10)14-8;1-2/h4-6H,3H2,1-2H3;1-2H3. The lowest BCUT2D eigenvalue weighted by Gasteiger charge is -2.02. The normalized spacial score (nSPS) is 9.81. The molecule has 0 bridgehead atoms. The highest BCUT2D eigenvalue weighted by Gasteiger charge is 2.05. The molecule has 0 unspecified atom stereocenters. The minimum absolute atomic E-state index is 0.289. The molecular formula is C13H17FN2. The summed E-state index contributed by atoms with van der Waals surface area (Å²) in [6.45, 7) is 7.82. The highest BCUT2D eigenvalue weighted by molar-refractivity contribution is 5.75. The van der Waals surface area contributed by atoms with Crippen LogP contribution in [0.3, 0.4) is 0 Å². The number of hydrogen-bond donors (Lipinski definition) is 0. The Morgan fingerprint density at radius 2 is 1.94 bits per heavy atom. The topological polar surface area (TPSA) is 25.8 Å². The maximum absolute atomic E-state index is 13.5. The van der Waals surface area contributed by atoms with Crippen LogP contribution in [0.5, 0.6) is 0 Å². The minimum atomic E-state index is -0.289. The highest BCUT2D eigenvalue weighted by atomic mass is 19.1. The van der Waals surface area contributed by atoms with Crippen molar-refractivity contribution >= 4 is 11.0 Å². The summed E-state index contributed by atoms with van der Waals surface area (Å²) in [4.78, 5) is 8.37. The summed E-state index contributed by atoms with van der Waals surface area (Å²) in [5.74, 6) is -0.289. The predicted molar refractivity (Wildman–Crippen MR) is 65.0 cm³/mol. The fourth-order valence-corrected chi connectivity index (χ4v) is 1.41. The van der Waals surface area contributed by atoms with Crippen molar-refractivity contribution in [3.05, 3.63) is 35.4 Å². The van der Waals surface area contributed by atoms with Crippen molar-refractivity contribution in [1.29, 1.82) is 0 Å². The molecule has 1 aromatic carbocycles. The van der Waals surface area contributed by atoms with Crippen molar-refractivity contribution in [3.63, 3.8) is 0 Å². The van der Waals surface area contributed by atoms with Crippen molar-refractivity contribution in [2.24, 2.45) is 0 Å². The van der Waals surface area contributed by atoms with Gasteiger partial charge < -0.3 is 0 Å². The van der Waals surface area contributed by atoms with Gasteiger partial charge in [0.1, 0.15) is 5.52 Å². The Kier molecular flexibility index (Phi) is 4.35. The third-order valence-electron chi connectivity index (χ3n) is 2.16. The fourth-order valence-electron chi connectivity index (χ4n) is 1.41. The molecule has 2 aromatic rings. The number of fused-ring (bicyclic) bond motifs is 1. The summed E-state index contributed by atoms with van der Waals surface area (Å²) in [5.41, 5.74) is 2.68. The summed E-state index contributed by atoms with van der Waals surface area (Å²) in [6, 6.07) is 3.32. The van der Waals surface area contributed by atoms with Crippen molar-refractivity contribution in [3.8, 4) is 0 Å². The first kappa shape index (κ1) is 12.6. The highest BCUT2D eigenvalue weighted by Crippen LogP contribution is 2.16. The van der Waals surface area contributed by atoms with Crippen LogP contribution in [0.15, 0.2) is 18.3 Å². The molecule has 0 aliphatic carbocycles. The Morgan fingerprint density at radius 1 is 1.25 bits per heavy atom. The first-order valence-electron chi connectivity index (χ1n) is 5.62. The smallest absolute Gasteiger partial charge is 0.151 e. The van der Waals surface area contributed by atoms with Crippen LogP contribution in [0.1, 0.15) is 32.0 Å². The van der Waals surface area contributed by atoms with Crippen LogP contribution in [-0.2, 0) is 6.42 Å². The molecular weight excluding hydrogens is 203 g/mol. The zero-order valence-electron chi connectivity index (χ0n) is 10.2. The summed E-state index contributed by atoms with van der Waals surface area (Å²) < 4.78 is 13.5. The number of rotatable bonds is 1.